The molecular weight excluding hydrogens is 376 g/mol. The fraction of sp³-hybridized carbons (Fsp3) is 0.769. The highest BCUT2D eigenvalue weighted by molar-refractivity contribution is 5.71. The third-order valence-corrected chi connectivity index (χ3v) is 4.67. The van der Waals surface area contributed by atoms with E-state index in [1.807, 2.05) is 13.8 Å². The number of carbonyl (C=O) groups excluding carboxylic acids is 2. The van der Waals surface area contributed by atoms with Gasteiger partial charge >= 0.3 is 11.9 Å². The minimum atomic E-state index is -0.179. The summed E-state index contributed by atoms with van der Waals surface area (Å²) in [6.07, 6.45) is 11.0. The molecule has 0 saturated carbocycles. The zero-order valence-corrected chi connectivity index (χ0v) is 21.2. The summed E-state index contributed by atoms with van der Waals surface area (Å²) in [5, 5.41) is 0. The molecule has 0 aliphatic carbocycles. The summed E-state index contributed by atoms with van der Waals surface area (Å²) >= 11 is 0. The maximum absolute atomic E-state index is 11.2. The number of esters is 2. The van der Waals surface area contributed by atoms with E-state index in [1.54, 1.807) is 0 Å². The lowest BCUT2D eigenvalue weighted by atomic mass is 10.0. The van der Waals surface area contributed by atoms with Crippen molar-refractivity contribution in [3.8, 4) is 0 Å². The van der Waals surface area contributed by atoms with Crippen LogP contribution in [0, 0.1) is 17.8 Å². The molecule has 0 radical (unpaired) electrons. The fourth-order valence-electron chi connectivity index (χ4n) is 2.53. The molecule has 176 valence electrons. The van der Waals surface area contributed by atoms with E-state index in [1.165, 1.54) is 30.9 Å². The molecule has 0 amide bonds. The Morgan fingerprint density at radius 1 is 0.667 bits per heavy atom. The van der Waals surface area contributed by atoms with Crippen LogP contribution in [0.3, 0.4) is 0 Å². The Morgan fingerprint density at radius 2 is 1.07 bits per heavy atom. The topological polar surface area (TPSA) is 52.6 Å². The maximum Gasteiger partial charge on any atom is 0.308 e. The number of hydrogen-bond acceptors (Lipinski definition) is 4. The van der Waals surface area contributed by atoms with Crippen molar-refractivity contribution in [3.63, 3.8) is 0 Å². The van der Waals surface area contributed by atoms with E-state index in [4.69, 9.17) is 9.47 Å². The number of allylic oxidation sites excluding steroid dienone is 4. The van der Waals surface area contributed by atoms with E-state index in [-0.39, 0.29) is 17.9 Å². The first kappa shape index (κ1) is 30.6. The van der Waals surface area contributed by atoms with E-state index in [9.17, 15) is 9.59 Å². The SMILES string of the molecule is CC(=O)OCCC(C)CCC=C(C)C.CC(C)=CCCC(C)CCOC(=O)C(C)C. The van der Waals surface area contributed by atoms with E-state index >= 15 is 0 Å². The van der Waals surface area contributed by atoms with Crippen LogP contribution in [0.4, 0.5) is 0 Å². The van der Waals surface area contributed by atoms with Gasteiger partial charge in [-0.05, 0) is 78.1 Å². The van der Waals surface area contributed by atoms with E-state index in [2.05, 4.69) is 53.7 Å². The van der Waals surface area contributed by atoms with Crippen LogP contribution >= 0.6 is 0 Å². The van der Waals surface area contributed by atoms with Crippen LogP contribution in [-0.2, 0) is 19.1 Å². The molecule has 0 rings (SSSR count). The largest absolute Gasteiger partial charge is 0.466 e. The Bertz CT molecular complexity index is 509. The second-order valence-electron chi connectivity index (χ2n) is 9.17. The quantitative estimate of drug-likeness (QED) is 0.230. The average Bonchev–Trinajstić information content (AvgIpc) is 2.61. The van der Waals surface area contributed by atoms with Gasteiger partial charge in [0.25, 0.3) is 0 Å². The first-order chi connectivity index (χ1) is 14.0. The van der Waals surface area contributed by atoms with Gasteiger partial charge in [0.1, 0.15) is 0 Å². The Labute approximate surface area is 186 Å². The van der Waals surface area contributed by atoms with Crippen LogP contribution in [0.15, 0.2) is 23.3 Å². The van der Waals surface area contributed by atoms with Crippen molar-refractivity contribution >= 4 is 11.9 Å². The second kappa shape index (κ2) is 19.4. The molecular formula is C26H48O4. The minimum Gasteiger partial charge on any atom is -0.466 e. The monoisotopic (exact) mass is 424 g/mol. The van der Waals surface area contributed by atoms with Crippen molar-refractivity contribution in [2.45, 2.75) is 101 Å². The van der Waals surface area contributed by atoms with Gasteiger partial charge in [0.2, 0.25) is 0 Å². The van der Waals surface area contributed by atoms with Crippen molar-refractivity contribution < 1.29 is 19.1 Å². The second-order valence-corrected chi connectivity index (χ2v) is 9.17. The van der Waals surface area contributed by atoms with Crippen LogP contribution in [0.5, 0.6) is 0 Å². The van der Waals surface area contributed by atoms with Crippen molar-refractivity contribution in [2.75, 3.05) is 13.2 Å². The zero-order valence-electron chi connectivity index (χ0n) is 21.2. The summed E-state index contributed by atoms with van der Waals surface area (Å²) in [5.74, 6) is 0.972. The Kier molecular flexibility index (Phi) is 19.8. The molecule has 0 N–H and O–H groups in total. The Morgan fingerprint density at radius 3 is 1.40 bits per heavy atom. The van der Waals surface area contributed by atoms with Crippen molar-refractivity contribution in [1.29, 1.82) is 0 Å². The lowest BCUT2D eigenvalue weighted by Crippen LogP contribution is -2.13. The lowest BCUT2D eigenvalue weighted by Gasteiger charge is -2.11. The molecule has 0 spiro atoms. The molecule has 0 aromatic carbocycles. The van der Waals surface area contributed by atoms with Crippen LogP contribution in [0.2, 0.25) is 0 Å². The lowest BCUT2D eigenvalue weighted by molar-refractivity contribution is -0.147. The maximum atomic E-state index is 11.2. The molecule has 0 bridgehead atoms. The van der Waals surface area contributed by atoms with Gasteiger partial charge in [-0.3, -0.25) is 9.59 Å². The van der Waals surface area contributed by atoms with Gasteiger partial charge in [-0.2, -0.15) is 0 Å². The fourth-order valence-corrected chi connectivity index (χ4v) is 2.53. The smallest absolute Gasteiger partial charge is 0.308 e. The number of carbonyl (C=O) groups is 2. The number of ether oxygens (including phenoxy) is 2. The van der Waals surface area contributed by atoms with Crippen LogP contribution < -0.4 is 0 Å². The van der Waals surface area contributed by atoms with Crippen molar-refractivity contribution in [1.82, 2.24) is 0 Å². The summed E-state index contributed by atoms with van der Waals surface area (Å²) < 4.78 is 10.0. The summed E-state index contributed by atoms with van der Waals surface area (Å²) in [7, 11) is 0. The van der Waals surface area contributed by atoms with Gasteiger partial charge in [-0.15, -0.1) is 0 Å². The summed E-state index contributed by atoms with van der Waals surface area (Å²) in [4.78, 5) is 21.7. The summed E-state index contributed by atoms with van der Waals surface area (Å²) in [6.45, 7) is 19.2. The van der Waals surface area contributed by atoms with Crippen molar-refractivity contribution in [2.24, 2.45) is 17.8 Å². The molecule has 4 heteroatoms. The van der Waals surface area contributed by atoms with Crippen molar-refractivity contribution in [3.05, 3.63) is 23.3 Å². The van der Waals surface area contributed by atoms with Gasteiger partial charge in [-0.25, -0.2) is 0 Å². The molecule has 4 nitrogen and oxygen atoms in total. The molecule has 0 saturated heterocycles. The highest BCUT2D eigenvalue weighted by Gasteiger charge is 2.09. The molecule has 0 fully saturated rings. The van der Waals surface area contributed by atoms with E-state index in [0.29, 0.717) is 25.0 Å². The van der Waals surface area contributed by atoms with Crippen LogP contribution in [0.25, 0.3) is 0 Å². The number of rotatable bonds is 13. The number of hydrogen-bond donors (Lipinski definition) is 0. The summed E-state index contributed by atoms with van der Waals surface area (Å²) in [6, 6.07) is 0. The van der Waals surface area contributed by atoms with Gasteiger partial charge < -0.3 is 9.47 Å². The molecule has 0 aliphatic heterocycles. The third-order valence-electron chi connectivity index (χ3n) is 4.67. The average molecular weight is 425 g/mol. The molecule has 0 aliphatic rings. The molecule has 0 aromatic rings. The third kappa shape index (κ3) is 24.5. The zero-order chi connectivity index (χ0) is 23.5. The molecule has 2 atom stereocenters. The molecule has 2 unspecified atom stereocenters. The van der Waals surface area contributed by atoms with Gasteiger partial charge in [0.05, 0.1) is 19.1 Å². The minimum absolute atomic E-state index is 0.0130. The Hall–Kier alpha value is -1.58. The molecule has 0 heterocycles. The van der Waals surface area contributed by atoms with E-state index < -0.39 is 0 Å². The van der Waals surface area contributed by atoms with Crippen LogP contribution in [-0.4, -0.2) is 25.2 Å². The normalized spacial score (nSPS) is 12.2. The Balaban J connectivity index is 0. The predicted octanol–water partition coefficient (Wildman–Crippen LogP) is 7.28. The molecule has 30 heavy (non-hydrogen) atoms. The highest BCUT2D eigenvalue weighted by Crippen LogP contribution is 2.13. The van der Waals surface area contributed by atoms with E-state index in [0.717, 1.165) is 25.7 Å². The molecule has 0 aromatic heterocycles. The first-order valence-electron chi connectivity index (χ1n) is 11.5. The predicted molar refractivity (Wildman–Crippen MR) is 127 cm³/mol. The van der Waals surface area contributed by atoms with Crippen LogP contribution in [0.1, 0.15) is 101 Å². The standard InChI is InChI=1S/C14H26O2.C12H22O2/c1-11(2)7-6-8-13(5)9-10-16-14(15)12(3)4;1-10(2)6-5-7-11(3)8-9-14-12(4)13/h7,12-13H,6,8-10H2,1-5H3;6,11H,5,7-9H2,1-4H3. The first-order valence-corrected chi connectivity index (χ1v) is 11.5. The summed E-state index contributed by atoms with van der Waals surface area (Å²) in [5.41, 5.74) is 2.75. The highest BCUT2D eigenvalue weighted by atomic mass is 16.5. The van der Waals surface area contributed by atoms with Gasteiger partial charge in [0.15, 0.2) is 0 Å². The van der Waals surface area contributed by atoms with Gasteiger partial charge in [-0.1, -0.05) is 51.0 Å². The van der Waals surface area contributed by atoms with Gasteiger partial charge in [0, 0.05) is 6.92 Å².